The lowest BCUT2D eigenvalue weighted by molar-refractivity contribution is 0.480. The number of nitrogens with one attached hydrogen (secondary N) is 1. The van der Waals surface area contributed by atoms with Crippen LogP contribution in [0.25, 0.3) is 0 Å². The highest BCUT2D eigenvalue weighted by atomic mass is 19.1. The van der Waals surface area contributed by atoms with E-state index in [4.69, 9.17) is 4.74 Å². The Kier molecular flexibility index (Phi) is 3.82. The first kappa shape index (κ1) is 12.4. The molecule has 0 aliphatic rings. The Hall–Kier alpha value is -2.03. The van der Waals surface area contributed by atoms with Crippen molar-refractivity contribution in [3.63, 3.8) is 0 Å². The van der Waals surface area contributed by atoms with Crippen LogP contribution in [0.4, 0.5) is 10.1 Å². The van der Waals surface area contributed by atoms with E-state index in [-0.39, 0.29) is 5.82 Å². The van der Waals surface area contributed by atoms with Crippen molar-refractivity contribution in [3.05, 3.63) is 54.3 Å². The van der Waals surface area contributed by atoms with E-state index >= 15 is 0 Å². The molecule has 0 unspecified atom stereocenters. The highest BCUT2D eigenvalue weighted by Crippen LogP contribution is 2.23. The minimum absolute atomic E-state index is 0.265. The zero-order valence-corrected chi connectivity index (χ0v) is 10.5. The molecule has 2 aromatic carbocycles. The molecular formula is C15H16FNO. The Bertz CT molecular complexity index is 491. The van der Waals surface area contributed by atoms with Crippen molar-refractivity contribution in [1.29, 1.82) is 0 Å². The zero-order chi connectivity index (χ0) is 13.0. The SMILES string of the molecule is CC(C)Nc1ccc(Oc2ccc(F)cc2)cc1. The van der Waals surface area contributed by atoms with Gasteiger partial charge in [0.1, 0.15) is 17.3 Å². The molecule has 0 aliphatic carbocycles. The fourth-order valence-corrected chi connectivity index (χ4v) is 1.59. The van der Waals surface area contributed by atoms with Crippen LogP contribution in [0, 0.1) is 5.82 Å². The number of anilines is 1. The quantitative estimate of drug-likeness (QED) is 0.859. The number of hydrogen-bond acceptors (Lipinski definition) is 2. The summed E-state index contributed by atoms with van der Waals surface area (Å²) in [5.74, 6) is 1.09. The van der Waals surface area contributed by atoms with Gasteiger partial charge >= 0.3 is 0 Å². The summed E-state index contributed by atoms with van der Waals surface area (Å²) in [6, 6.07) is 14.0. The van der Waals surface area contributed by atoms with Crippen LogP contribution in [-0.2, 0) is 0 Å². The summed E-state index contributed by atoms with van der Waals surface area (Å²) in [6.45, 7) is 4.17. The summed E-state index contributed by atoms with van der Waals surface area (Å²) < 4.78 is 18.3. The average Bonchev–Trinajstić information content (AvgIpc) is 2.34. The number of benzene rings is 2. The Morgan fingerprint density at radius 3 is 1.89 bits per heavy atom. The molecule has 0 spiro atoms. The van der Waals surface area contributed by atoms with E-state index in [1.54, 1.807) is 12.1 Å². The highest BCUT2D eigenvalue weighted by Gasteiger charge is 1.99. The third-order valence-corrected chi connectivity index (χ3v) is 2.36. The van der Waals surface area contributed by atoms with E-state index in [1.807, 2.05) is 24.3 Å². The van der Waals surface area contributed by atoms with Gasteiger partial charge in [-0.2, -0.15) is 0 Å². The fourth-order valence-electron chi connectivity index (χ4n) is 1.59. The van der Waals surface area contributed by atoms with Crippen LogP contribution in [0.5, 0.6) is 11.5 Å². The van der Waals surface area contributed by atoms with E-state index in [9.17, 15) is 4.39 Å². The van der Waals surface area contributed by atoms with E-state index in [0.717, 1.165) is 11.4 Å². The summed E-state index contributed by atoms with van der Waals surface area (Å²) in [7, 11) is 0. The van der Waals surface area contributed by atoms with Gasteiger partial charge in [-0.15, -0.1) is 0 Å². The van der Waals surface area contributed by atoms with Crippen molar-refractivity contribution >= 4 is 5.69 Å². The van der Waals surface area contributed by atoms with Crippen LogP contribution in [0.3, 0.4) is 0 Å². The standard InChI is InChI=1S/C15H16FNO/c1-11(2)17-13-5-9-15(10-6-13)18-14-7-3-12(16)4-8-14/h3-11,17H,1-2H3. The maximum Gasteiger partial charge on any atom is 0.127 e. The van der Waals surface area contributed by atoms with Crippen LogP contribution in [-0.4, -0.2) is 6.04 Å². The second-order valence-corrected chi connectivity index (χ2v) is 4.38. The minimum Gasteiger partial charge on any atom is -0.457 e. The van der Waals surface area contributed by atoms with Gasteiger partial charge in [-0.1, -0.05) is 0 Å². The van der Waals surface area contributed by atoms with Gasteiger partial charge < -0.3 is 10.1 Å². The maximum atomic E-state index is 12.7. The Morgan fingerprint density at radius 1 is 0.889 bits per heavy atom. The lowest BCUT2D eigenvalue weighted by Gasteiger charge is -2.11. The third kappa shape index (κ3) is 3.48. The minimum atomic E-state index is -0.265. The molecule has 2 rings (SSSR count). The first-order valence-corrected chi connectivity index (χ1v) is 5.93. The molecule has 0 radical (unpaired) electrons. The number of rotatable bonds is 4. The van der Waals surface area contributed by atoms with Gasteiger partial charge in [0.2, 0.25) is 0 Å². The van der Waals surface area contributed by atoms with Crippen LogP contribution in [0.1, 0.15) is 13.8 Å². The molecule has 0 saturated heterocycles. The lowest BCUT2D eigenvalue weighted by atomic mass is 10.2. The van der Waals surface area contributed by atoms with Crippen LogP contribution in [0.2, 0.25) is 0 Å². The second-order valence-electron chi connectivity index (χ2n) is 4.38. The van der Waals surface area contributed by atoms with E-state index in [1.165, 1.54) is 12.1 Å². The van der Waals surface area contributed by atoms with Crippen LogP contribution >= 0.6 is 0 Å². The average molecular weight is 245 g/mol. The Labute approximate surface area is 106 Å². The largest absolute Gasteiger partial charge is 0.457 e. The molecule has 1 N–H and O–H groups in total. The van der Waals surface area contributed by atoms with Gasteiger partial charge in [-0.3, -0.25) is 0 Å². The molecule has 2 nitrogen and oxygen atoms in total. The number of halogens is 1. The van der Waals surface area contributed by atoms with Crippen LogP contribution in [0.15, 0.2) is 48.5 Å². The molecule has 2 aromatic rings. The summed E-state index contributed by atoms with van der Waals surface area (Å²) in [6.07, 6.45) is 0. The molecule has 0 aromatic heterocycles. The number of hydrogen-bond donors (Lipinski definition) is 1. The second kappa shape index (κ2) is 5.54. The summed E-state index contributed by atoms with van der Waals surface area (Å²) in [5, 5.41) is 3.30. The molecule has 94 valence electrons. The molecular weight excluding hydrogens is 229 g/mol. The monoisotopic (exact) mass is 245 g/mol. The van der Waals surface area contributed by atoms with Gasteiger partial charge in [-0.05, 0) is 62.4 Å². The highest BCUT2D eigenvalue weighted by molar-refractivity contribution is 5.47. The van der Waals surface area contributed by atoms with Crippen molar-refractivity contribution in [1.82, 2.24) is 0 Å². The lowest BCUT2D eigenvalue weighted by Crippen LogP contribution is -2.09. The Morgan fingerprint density at radius 2 is 1.39 bits per heavy atom. The van der Waals surface area contributed by atoms with Crippen molar-refractivity contribution in [2.24, 2.45) is 0 Å². The van der Waals surface area contributed by atoms with Crippen LogP contribution < -0.4 is 10.1 Å². The summed E-state index contributed by atoms with van der Waals surface area (Å²) in [4.78, 5) is 0. The van der Waals surface area contributed by atoms with Gasteiger partial charge in [0.05, 0.1) is 0 Å². The first-order chi connectivity index (χ1) is 8.63. The zero-order valence-electron chi connectivity index (χ0n) is 10.5. The van der Waals surface area contributed by atoms with E-state index < -0.39 is 0 Å². The van der Waals surface area contributed by atoms with Crippen molar-refractivity contribution in [2.45, 2.75) is 19.9 Å². The smallest absolute Gasteiger partial charge is 0.127 e. The molecule has 0 saturated carbocycles. The van der Waals surface area contributed by atoms with Gasteiger partial charge in [0.15, 0.2) is 0 Å². The summed E-state index contributed by atoms with van der Waals surface area (Å²) >= 11 is 0. The Balaban J connectivity index is 2.04. The molecule has 18 heavy (non-hydrogen) atoms. The molecule has 0 fully saturated rings. The van der Waals surface area contributed by atoms with Crippen molar-refractivity contribution < 1.29 is 9.13 Å². The predicted molar refractivity (Wildman–Crippen MR) is 71.7 cm³/mol. The predicted octanol–water partition coefficient (Wildman–Crippen LogP) is 4.44. The normalized spacial score (nSPS) is 10.4. The summed E-state index contributed by atoms with van der Waals surface area (Å²) in [5.41, 5.74) is 1.05. The van der Waals surface area contributed by atoms with E-state index in [2.05, 4.69) is 19.2 Å². The molecule has 0 aliphatic heterocycles. The van der Waals surface area contributed by atoms with Gasteiger partial charge in [0.25, 0.3) is 0 Å². The topological polar surface area (TPSA) is 21.3 Å². The third-order valence-electron chi connectivity index (χ3n) is 2.36. The van der Waals surface area contributed by atoms with Gasteiger partial charge in [-0.25, -0.2) is 4.39 Å². The molecule has 0 bridgehead atoms. The fraction of sp³-hybridized carbons (Fsp3) is 0.200. The number of ether oxygens (including phenoxy) is 1. The molecule has 0 amide bonds. The van der Waals surface area contributed by atoms with Crippen molar-refractivity contribution in [2.75, 3.05) is 5.32 Å². The first-order valence-electron chi connectivity index (χ1n) is 5.93. The molecule has 0 atom stereocenters. The van der Waals surface area contributed by atoms with E-state index in [0.29, 0.717) is 11.8 Å². The van der Waals surface area contributed by atoms with Crippen molar-refractivity contribution in [3.8, 4) is 11.5 Å². The molecule has 0 heterocycles. The molecule has 3 heteroatoms. The van der Waals surface area contributed by atoms with Gasteiger partial charge in [0, 0.05) is 11.7 Å². The maximum absolute atomic E-state index is 12.7.